The molecule has 2 N–H and O–H groups in total. The third kappa shape index (κ3) is 3.99. The van der Waals surface area contributed by atoms with Crippen LogP contribution in [0.2, 0.25) is 0 Å². The Hall–Kier alpha value is -2.13. The molecule has 2 amide bonds. The van der Waals surface area contributed by atoms with Gasteiger partial charge in [-0.1, -0.05) is 0 Å². The summed E-state index contributed by atoms with van der Waals surface area (Å²) in [6.07, 6.45) is 1.45. The van der Waals surface area contributed by atoms with Crippen LogP contribution in [0.4, 0.5) is 4.79 Å². The number of carboxylic acid groups (broad SMARTS) is 2. The molecular formula is C14H13NO6S2. The predicted octanol–water partition coefficient (Wildman–Crippen LogP) is 2.66. The standard InChI is InChI=1S/C14H13NO6S2/c1-7-5-8(13(19)20)9(22-7)6-10-12(18)15(14(21)23-10)4-2-3-11(16)17/h5-6H,2-4H2,1H3,(H,16,17)(H,19,20). The van der Waals surface area contributed by atoms with Gasteiger partial charge in [0.1, 0.15) is 0 Å². The molecule has 1 aromatic rings. The average Bonchev–Trinajstić information content (AvgIpc) is 2.93. The summed E-state index contributed by atoms with van der Waals surface area (Å²) < 4.78 is 0. The molecule has 0 aliphatic carbocycles. The SMILES string of the molecule is Cc1cc(C(=O)O)c(C=C2SC(=O)N(CCCC(=O)O)C2=O)s1. The minimum absolute atomic E-state index is 0.0313. The lowest BCUT2D eigenvalue weighted by molar-refractivity contribution is -0.137. The van der Waals surface area contributed by atoms with E-state index in [1.807, 2.05) is 0 Å². The lowest BCUT2D eigenvalue weighted by Gasteiger charge is -2.10. The fourth-order valence-corrected chi connectivity index (χ4v) is 3.88. The Morgan fingerprint density at radius 1 is 1.30 bits per heavy atom. The molecule has 1 saturated heterocycles. The van der Waals surface area contributed by atoms with Crippen LogP contribution in [-0.2, 0) is 9.59 Å². The van der Waals surface area contributed by atoms with Crippen molar-refractivity contribution >= 4 is 52.3 Å². The largest absolute Gasteiger partial charge is 0.481 e. The fourth-order valence-electron chi connectivity index (χ4n) is 2.01. The molecular weight excluding hydrogens is 342 g/mol. The zero-order valence-electron chi connectivity index (χ0n) is 12.1. The first-order valence-electron chi connectivity index (χ1n) is 6.60. The summed E-state index contributed by atoms with van der Waals surface area (Å²) in [5.41, 5.74) is 0.0881. The highest BCUT2D eigenvalue weighted by Gasteiger charge is 2.35. The van der Waals surface area contributed by atoms with E-state index in [0.29, 0.717) is 4.88 Å². The molecule has 1 aromatic heterocycles. The number of amides is 2. The van der Waals surface area contributed by atoms with Crippen LogP contribution in [0, 0.1) is 6.92 Å². The van der Waals surface area contributed by atoms with E-state index in [1.54, 1.807) is 6.92 Å². The number of carbonyl (C=O) groups excluding carboxylic acids is 2. The summed E-state index contributed by atoms with van der Waals surface area (Å²) >= 11 is 1.96. The van der Waals surface area contributed by atoms with Gasteiger partial charge in [0.25, 0.3) is 11.1 Å². The minimum Gasteiger partial charge on any atom is -0.481 e. The number of carboxylic acids is 2. The molecule has 0 bridgehead atoms. The first-order chi connectivity index (χ1) is 10.8. The second-order valence-corrected chi connectivity index (χ2v) is 7.05. The number of aryl methyl sites for hydroxylation is 1. The molecule has 0 unspecified atom stereocenters. The zero-order chi connectivity index (χ0) is 17.1. The van der Waals surface area contributed by atoms with Gasteiger partial charge in [0.15, 0.2) is 0 Å². The first-order valence-corrected chi connectivity index (χ1v) is 8.23. The van der Waals surface area contributed by atoms with Crippen molar-refractivity contribution in [3.63, 3.8) is 0 Å². The number of thiophene rings is 1. The Morgan fingerprint density at radius 2 is 2.00 bits per heavy atom. The Morgan fingerprint density at radius 3 is 2.61 bits per heavy atom. The highest BCUT2D eigenvalue weighted by atomic mass is 32.2. The Kier molecular flexibility index (Phi) is 5.22. The van der Waals surface area contributed by atoms with Crippen LogP contribution in [0.15, 0.2) is 11.0 Å². The summed E-state index contributed by atoms with van der Waals surface area (Å²) in [4.78, 5) is 48.1. The van der Waals surface area contributed by atoms with Crippen molar-refractivity contribution < 1.29 is 29.4 Å². The highest BCUT2D eigenvalue weighted by Crippen LogP contribution is 2.34. The Balaban J connectivity index is 2.18. The number of aromatic carboxylic acids is 1. The zero-order valence-corrected chi connectivity index (χ0v) is 13.7. The normalized spacial score (nSPS) is 16.4. The average molecular weight is 355 g/mol. The molecule has 1 fully saturated rings. The number of imide groups is 1. The summed E-state index contributed by atoms with van der Waals surface area (Å²) in [5.74, 6) is -2.61. The van der Waals surface area contributed by atoms with Gasteiger partial charge in [0.05, 0.1) is 10.5 Å². The van der Waals surface area contributed by atoms with Gasteiger partial charge < -0.3 is 10.2 Å². The number of hydrogen-bond donors (Lipinski definition) is 2. The van der Waals surface area contributed by atoms with Gasteiger partial charge in [-0.05, 0) is 37.2 Å². The topological polar surface area (TPSA) is 112 Å². The smallest absolute Gasteiger partial charge is 0.337 e. The van der Waals surface area contributed by atoms with Crippen molar-refractivity contribution in [3.05, 3.63) is 26.3 Å². The molecule has 0 spiro atoms. The van der Waals surface area contributed by atoms with E-state index in [4.69, 9.17) is 10.2 Å². The van der Waals surface area contributed by atoms with E-state index in [2.05, 4.69) is 0 Å². The third-order valence-corrected chi connectivity index (χ3v) is 4.93. The number of thioether (sulfide) groups is 1. The van der Waals surface area contributed by atoms with Crippen LogP contribution < -0.4 is 0 Å². The monoisotopic (exact) mass is 355 g/mol. The molecule has 2 heterocycles. The molecule has 23 heavy (non-hydrogen) atoms. The number of nitrogens with zero attached hydrogens (tertiary/aromatic N) is 1. The van der Waals surface area contributed by atoms with Crippen molar-refractivity contribution in [1.29, 1.82) is 0 Å². The molecule has 2 rings (SSSR count). The number of rotatable bonds is 6. The van der Waals surface area contributed by atoms with Gasteiger partial charge in [-0.3, -0.25) is 19.3 Å². The summed E-state index contributed by atoms with van der Waals surface area (Å²) in [6, 6.07) is 1.51. The maximum Gasteiger partial charge on any atom is 0.337 e. The molecule has 1 aliphatic heterocycles. The predicted molar refractivity (Wildman–Crippen MR) is 85.6 cm³/mol. The van der Waals surface area contributed by atoms with Crippen molar-refractivity contribution in [2.75, 3.05) is 6.54 Å². The first kappa shape index (κ1) is 17.2. The van der Waals surface area contributed by atoms with Crippen molar-refractivity contribution in [1.82, 2.24) is 4.90 Å². The van der Waals surface area contributed by atoms with E-state index in [9.17, 15) is 19.2 Å². The highest BCUT2D eigenvalue weighted by molar-refractivity contribution is 8.18. The quantitative estimate of drug-likeness (QED) is 0.754. The van der Waals surface area contributed by atoms with E-state index >= 15 is 0 Å². The van der Waals surface area contributed by atoms with E-state index in [1.165, 1.54) is 23.5 Å². The van der Waals surface area contributed by atoms with Crippen LogP contribution >= 0.6 is 23.1 Å². The van der Waals surface area contributed by atoms with Gasteiger partial charge in [-0.2, -0.15) is 0 Å². The summed E-state index contributed by atoms with van der Waals surface area (Å²) in [6.45, 7) is 1.79. The summed E-state index contributed by atoms with van der Waals surface area (Å²) in [7, 11) is 0. The fraction of sp³-hybridized carbons (Fsp3) is 0.286. The van der Waals surface area contributed by atoms with Crippen LogP contribution in [0.5, 0.6) is 0 Å². The van der Waals surface area contributed by atoms with E-state index < -0.39 is 23.1 Å². The Labute approximate surface area is 139 Å². The molecule has 0 radical (unpaired) electrons. The molecule has 122 valence electrons. The lowest BCUT2D eigenvalue weighted by Crippen LogP contribution is -2.29. The van der Waals surface area contributed by atoms with Crippen molar-refractivity contribution in [2.45, 2.75) is 19.8 Å². The van der Waals surface area contributed by atoms with Gasteiger partial charge in [0.2, 0.25) is 0 Å². The number of aliphatic carboxylic acids is 1. The maximum absolute atomic E-state index is 12.2. The van der Waals surface area contributed by atoms with E-state index in [0.717, 1.165) is 21.5 Å². The van der Waals surface area contributed by atoms with Crippen LogP contribution in [-0.4, -0.2) is 44.7 Å². The number of carbonyl (C=O) groups is 4. The van der Waals surface area contributed by atoms with Crippen molar-refractivity contribution in [2.24, 2.45) is 0 Å². The van der Waals surface area contributed by atoms with Crippen LogP contribution in [0.3, 0.4) is 0 Å². The lowest BCUT2D eigenvalue weighted by atomic mass is 10.2. The molecule has 0 atom stereocenters. The number of hydrogen-bond acceptors (Lipinski definition) is 6. The molecule has 0 saturated carbocycles. The molecule has 7 nitrogen and oxygen atoms in total. The van der Waals surface area contributed by atoms with Gasteiger partial charge in [-0.15, -0.1) is 11.3 Å². The van der Waals surface area contributed by atoms with Crippen molar-refractivity contribution in [3.8, 4) is 0 Å². The second kappa shape index (κ2) is 6.97. The maximum atomic E-state index is 12.2. The van der Waals surface area contributed by atoms with Crippen LogP contribution in [0.1, 0.15) is 33.0 Å². The van der Waals surface area contributed by atoms with Gasteiger partial charge in [-0.25, -0.2) is 4.79 Å². The molecule has 9 heteroatoms. The van der Waals surface area contributed by atoms with Gasteiger partial charge in [0, 0.05) is 22.7 Å². The third-order valence-electron chi connectivity index (χ3n) is 3.02. The van der Waals surface area contributed by atoms with Gasteiger partial charge >= 0.3 is 11.9 Å². The summed E-state index contributed by atoms with van der Waals surface area (Å²) in [5, 5.41) is 17.3. The van der Waals surface area contributed by atoms with E-state index in [-0.39, 0.29) is 29.9 Å². The molecule has 0 aromatic carbocycles. The minimum atomic E-state index is -1.10. The second-order valence-electron chi connectivity index (χ2n) is 4.77. The molecule has 1 aliphatic rings. The Bertz CT molecular complexity index is 721. The van der Waals surface area contributed by atoms with Crippen LogP contribution in [0.25, 0.3) is 6.08 Å².